The lowest BCUT2D eigenvalue weighted by Crippen LogP contribution is -2.02. The zero-order valence-electron chi connectivity index (χ0n) is 10.4. The van der Waals surface area contributed by atoms with Gasteiger partial charge < -0.3 is 5.32 Å². The second-order valence-electron chi connectivity index (χ2n) is 4.35. The van der Waals surface area contributed by atoms with Crippen molar-refractivity contribution in [3.8, 4) is 0 Å². The van der Waals surface area contributed by atoms with E-state index in [1.165, 1.54) is 9.75 Å². The summed E-state index contributed by atoms with van der Waals surface area (Å²) >= 11 is 1.81. The Morgan fingerprint density at radius 2 is 2.12 bits per heavy atom. The standard InChI is InChI=1S/C13H17N3S/c1-9(2)12-6-13(16-8-15-12)14-7-11-5-4-10(3)17-11/h4-6,8-9H,7H2,1-3H3,(H,14,15,16). The summed E-state index contributed by atoms with van der Waals surface area (Å²) < 4.78 is 0. The second kappa shape index (κ2) is 5.27. The minimum Gasteiger partial charge on any atom is -0.365 e. The van der Waals surface area contributed by atoms with Crippen LogP contribution in [-0.4, -0.2) is 9.97 Å². The Hall–Kier alpha value is -1.42. The van der Waals surface area contributed by atoms with Gasteiger partial charge in [0.05, 0.1) is 6.54 Å². The molecule has 17 heavy (non-hydrogen) atoms. The smallest absolute Gasteiger partial charge is 0.129 e. The third kappa shape index (κ3) is 3.27. The lowest BCUT2D eigenvalue weighted by Gasteiger charge is -2.07. The number of aromatic nitrogens is 2. The molecule has 1 N–H and O–H groups in total. The molecule has 0 saturated carbocycles. The third-order valence-corrected chi connectivity index (χ3v) is 3.52. The van der Waals surface area contributed by atoms with E-state index >= 15 is 0 Å². The molecule has 2 rings (SSSR count). The maximum atomic E-state index is 4.25. The summed E-state index contributed by atoms with van der Waals surface area (Å²) in [5.74, 6) is 1.33. The summed E-state index contributed by atoms with van der Waals surface area (Å²) in [5, 5.41) is 3.33. The fourth-order valence-electron chi connectivity index (χ4n) is 1.54. The number of nitrogens with zero attached hydrogens (tertiary/aromatic N) is 2. The van der Waals surface area contributed by atoms with Crippen molar-refractivity contribution in [2.45, 2.75) is 33.2 Å². The Bertz CT molecular complexity index is 491. The van der Waals surface area contributed by atoms with Gasteiger partial charge in [0.25, 0.3) is 0 Å². The van der Waals surface area contributed by atoms with E-state index in [1.54, 1.807) is 6.33 Å². The van der Waals surface area contributed by atoms with Gasteiger partial charge in [0.2, 0.25) is 0 Å². The van der Waals surface area contributed by atoms with E-state index in [0.29, 0.717) is 5.92 Å². The number of nitrogens with one attached hydrogen (secondary N) is 1. The first-order valence-electron chi connectivity index (χ1n) is 5.76. The first-order chi connectivity index (χ1) is 8.15. The molecule has 90 valence electrons. The van der Waals surface area contributed by atoms with Crippen molar-refractivity contribution < 1.29 is 0 Å². The van der Waals surface area contributed by atoms with Crippen molar-refractivity contribution in [1.29, 1.82) is 0 Å². The maximum absolute atomic E-state index is 4.25. The largest absolute Gasteiger partial charge is 0.365 e. The highest BCUT2D eigenvalue weighted by molar-refractivity contribution is 7.11. The van der Waals surface area contributed by atoms with Crippen LogP contribution in [0.15, 0.2) is 24.5 Å². The molecule has 0 amide bonds. The summed E-state index contributed by atoms with van der Waals surface area (Å²) in [6.45, 7) is 7.21. The van der Waals surface area contributed by atoms with E-state index in [1.807, 2.05) is 17.4 Å². The molecule has 0 radical (unpaired) electrons. The number of anilines is 1. The first kappa shape index (κ1) is 12.0. The molecule has 0 unspecified atom stereocenters. The Labute approximate surface area is 106 Å². The molecule has 0 aliphatic heterocycles. The number of rotatable bonds is 4. The Balaban J connectivity index is 2.01. The van der Waals surface area contributed by atoms with Crippen molar-refractivity contribution in [1.82, 2.24) is 9.97 Å². The monoisotopic (exact) mass is 247 g/mol. The van der Waals surface area contributed by atoms with Crippen molar-refractivity contribution >= 4 is 17.2 Å². The lowest BCUT2D eigenvalue weighted by atomic mass is 10.1. The fourth-order valence-corrected chi connectivity index (χ4v) is 2.37. The number of aryl methyl sites for hydroxylation is 1. The fraction of sp³-hybridized carbons (Fsp3) is 0.385. The van der Waals surface area contributed by atoms with Gasteiger partial charge in [-0.3, -0.25) is 0 Å². The van der Waals surface area contributed by atoms with Gasteiger partial charge in [-0.15, -0.1) is 11.3 Å². The summed E-state index contributed by atoms with van der Waals surface area (Å²) in [6, 6.07) is 6.31. The topological polar surface area (TPSA) is 37.8 Å². The van der Waals surface area contributed by atoms with Crippen molar-refractivity contribution in [2.24, 2.45) is 0 Å². The van der Waals surface area contributed by atoms with Crippen LogP contribution in [0.3, 0.4) is 0 Å². The minimum atomic E-state index is 0.433. The summed E-state index contributed by atoms with van der Waals surface area (Å²) in [6.07, 6.45) is 1.62. The minimum absolute atomic E-state index is 0.433. The Morgan fingerprint density at radius 3 is 2.76 bits per heavy atom. The van der Waals surface area contributed by atoms with Gasteiger partial charge in [0.1, 0.15) is 12.1 Å². The molecular formula is C13H17N3S. The van der Waals surface area contributed by atoms with Crippen LogP contribution in [0.4, 0.5) is 5.82 Å². The van der Waals surface area contributed by atoms with E-state index in [2.05, 4.69) is 48.2 Å². The van der Waals surface area contributed by atoms with Crippen LogP contribution in [0.5, 0.6) is 0 Å². The highest BCUT2D eigenvalue weighted by atomic mass is 32.1. The third-order valence-electron chi connectivity index (χ3n) is 2.52. The van der Waals surface area contributed by atoms with Crippen LogP contribution in [0, 0.1) is 6.92 Å². The zero-order chi connectivity index (χ0) is 12.3. The van der Waals surface area contributed by atoms with Crippen LogP contribution >= 0.6 is 11.3 Å². The van der Waals surface area contributed by atoms with Crippen LogP contribution in [0.25, 0.3) is 0 Å². The average molecular weight is 247 g/mol. The van der Waals surface area contributed by atoms with E-state index < -0.39 is 0 Å². The molecule has 0 atom stereocenters. The van der Waals surface area contributed by atoms with Gasteiger partial charge in [-0.05, 0) is 25.0 Å². The van der Waals surface area contributed by atoms with E-state index in [-0.39, 0.29) is 0 Å². The number of thiophene rings is 1. The number of hydrogen-bond donors (Lipinski definition) is 1. The summed E-state index contributed by atoms with van der Waals surface area (Å²) in [7, 11) is 0. The molecule has 0 bridgehead atoms. The average Bonchev–Trinajstić information content (AvgIpc) is 2.73. The van der Waals surface area contributed by atoms with E-state index in [0.717, 1.165) is 18.1 Å². The molecule has 0 aliphatic carbocycles. The summed E-state index contributed by atoms with van der Waals surface area (Å²) in [4.78, 5) is 11.1. The molecular weight excluding hydrogens is 230 g/mol. The molecule has 3 nitrogen and oxygen atoms in total. The maximum Gasteiger partial charge on any atom is 0.129 e. The van der Waals surface area contributed by atoms with Gasteiger partial charge in [0.15, 0.2) is 0 Å². The second-order valence-corrected chi connectivity index (χ2v) is 5.72. The van der Waals surface area contributed by atoms with E-state index in [4.69, 9.17) is 0 Å². The van der Waals surface area contributed by atoms with Crippen molar-refractivity contribution in [3.63, 3.8) is 0 Å². The van der Waals surface area contributed by atoms with Crippen LogP contribution in [0.1, 0.15) is 35.2 Å². The molecule has 0 fully saturated rings. The van der Waals surface area contributed by atoms with Gasteiger partial charge in [-0.1, -0.05) is 13.8 Å². The summed E-state index contributed by atoms with van der Waals surface area (Å²) in [5.41, 5.74) is 1.07. The Kier molecular flexibility index (Phi) is 3.74. The molecule has 4 heteroatoms. The molecule has 2 aromatic rings. The molecule has 0 aromatic carbocycles. The zero-order valence-corrected chi connectivity index (χ0v) is 11.2. The van der Waals surface area contributed by atoms with Crippen LogP contribution < -0.4 is 5.32 Å². The van der Waals surface area contributed by atoms with E-state index in [9.17, 15) is 0 Å². The predicted octanol–water partition coefficient (Wildman–Crippen LogP) is 3.58. The Morgan fingerprint density at radius 1 is 1.29 bits per heavy atom. The van der Waals surface area contributed by atoms with Gasteiger partial charge in [-0.25, -0.2) is 9.97 Å². The molecule has 2 heterocycles. The van der Waals surface area contributed by atoms with Crippen LogP contribution in [0.2, 0.25) is 0 Å². The predicted molar refractivity (Wildman–Crippen MR) is 72.5 cm³/mol. The van der Waals surface area contributed by atoms with Gasteiger partial charge >= 0.3 is 0 Å². The number of hydrogen-bond acceptors (Lipinski definition) is 4. The normalized spacial score (nSPS) is 10.8. The van der Waals surface area contributed by atoms with Gasteiger partial charge in [0, 0.05) is 21.5 Å². The SMILES string of the molecule is Cc1ccc(CNc2cc(C(C)C)ncn2)s1. The first-order valence-corrected chi connectivity index (χ1v) is 6.58. The molecule has 0 spiro atoms. The highest BCUT2D eigenvalue weighted by Crippen LogP contribution is 2.17. The van der Waals surface area contributed by atoms with Gasteiger partial charge in [-0.2, -0.15) is 0 Å². The highest BCUT2D eigenvalue weighted by Gasteiger charge is 2.03. The van der Waals surface area contributed by atoms with Crippen molar-refractivity contribution in [3.05, 3.63) is 40.0 Å². The molecule has 0 saturated heterocycles. The van der Waals surface area contributed by atoms with Crippen LogP contribution in [-0.2, 0) is 6.54 Å². The molecule has 0 aliphatic rings. The molecule has 2 aromatic heterocycles. The lowest BCUT2D eigenvalue weighted by molar-refractivity contribution is 0.814. The quantitative estimate of drug-likeness (QED) is 0.897. The van der Waals surface area contributed by atoms with Crippen molar-refractivity contribution in [2.75, 3.05) is 5.32 Å².